The number of carbonyl (C=O) groups is 1. The van der Waals surface area contributed by atoms with E-state index in [1.54, 1.807) is 0 Å². The molecule has 4 nitrogen and oxygen atoms in total. The minimum Gasteiger partial charge on any atom is -0.413 e. The Morgan fingerprint density at radius 3 is 2.23 bits per heavy atom. The van der Waals surface area contributed by atoms with E-state index in [1.807, 2.05) is 0 Å². The third-order valence-electron chi connectivity index (χ3n) is 8.08. The highest BCUT2D eigenvalue weighted by molar-refractivity contribution is 6.74. The van der Waals surface area contributed by atoms with Crippen molar-refractivity contribution in [2.75, 3.05) is 0 Å². The summed E-state index contributed by atoms with van der Waals surface area (Å²) in [6.07, 6.45) is 1.92. The number of hydrogen-bond donors (Lipinski definition) is 1. The fourth-order valence-corrected chi connectivity index (χ4v) is 8.62. The molecule has 5 atom stereocenters. The van der Waals surface area contributed by atoms with Gasteiger partial charge in [0.2, 0.25) is 0 Å². The summed E-state index contributed by atoms with van der Waals surface area (Å²) >= 11 is 0. The Morgan fingerprint density at radius 1 is 1.15 bits per heavy atom. The molecule has 0 aromatic heterocycles. The summed E-state index contributed by atoms with van der Waals surface area (Å²) in [5.74, 6) is 0.272. The highest BCUT2D eigenvalue weighted by atomic mass is 28.4. The van der Waals surface area contributed by atoms with E-state index < -0.39 is 33.8 Å². The number of Topliss-reactive ketones (excluding diaryl/α,β-unsaturated/α-hetero) is 1. The van der Waals surface area contributed by atoms with Crippen LogP contribution in [0.2, 0.25) is 37.8 Å². The molecule has 0 amide bonds. The summed E-state index contributed by atoms with van der Waals surface area (Å²) in [5.41, 5.74) is -1.16. The second kappa shape index (κ2) is 5.53. The predicted molar refractivity (Wildman–Crippen MR) is 109 cm³/mol. The number of rotatable bonds is 4. The summed E-state index contributed by atoms with van der Waals surface area (Å²) in [7, 11) is -3.87. The van der Waals surface area contributed by atoms with Gasteiger partial charge in [-0.3, -0.25) is 4.79 Å². The van der Waals surface area contributed by atoms with E-state index in [1.165, 1.54) is 0 Å². The van der Waals surface area contributed by atoms with Crippen LogP contribution >= 0.6 is 0 Å². The monoisotopic (exact) mass is 398 g/mol. The molecule has 0 aliphatic heterocycles. The normalized spacial score (nSPS) is 43.2. The van der Waals surface area contributed by atoms with Crippen molar-refractivity contribution in [2.24, 2.45) is 10.8 Å². The second-order valence-corrected chi connectivity index (χ2v) is 20.9. The zero-order chi connectivity index (χ0) is 20.0. The first-order valence-electron chi connectivity index (χ1n) is 10.1. The molecular formula is C20H38O4Si2. The number of aliphatic hydroxyl groups is 1. The van der Waals surface area contributed by atoms with Gasteiger partial charge in [-0.25, -0.2) is 0 Å². The molecule has 26 heavy (non-hydrogen) atoms. The molecular weight excluding hydrogens is 360 g/mol. The van der Waals surface area contributed by atoms with Crippen molar-refractivity contribution in [3.63, 3.8) is 0 Å². The summed E-state index contributed by atoms with van der Waals surface area (Å²) in [4.78, 5) is 12.4. The first-order valence-corrected chi connectivity index (χ1v) is 16.4. The van der Waals surface area contributed by atoms with Crippen molar-refractivity contribution < 1.29 is 18.8 Å². The standard InChI is InChI=1S/C20H38O4Si2/c1-17(2,3)26(8,9)23-15-13-20(24-25(5,6)7)16(22)19(15)12-14(21)10-11-18(19,20)4/h15-16,22H,10-13H2,1-9H3/t15-,16?,18+,19-,20-/m0/s1. The fraction of sp³-hybridized carbons (Fsp3) is 0.950. The molecule has 1 spiro atoms. The van der Waals surface area contributed by atoms with Crippen LogP contribution in [0, 0.1) is 10.8 Å². The molecule has 0 heterocycles. The van der Waals surface area contributed by atoms with Crippen LogP contribution in [0.5, 0.6) is 0 Å². The van der Waals surface area contributed by atoms with Gasteiger partial charge in [0, 0.05) is 30.1 Å². The molecule has 0 saturated heterocycles. The molecule has 4 rings (SSSR count). The lowest BCUT2D eigenvalue weighted by molar-refractivity contribution is -0.300. The second-order valence-electron chi connectivity index (χ2n) is 11.7. The molecule has 0 radical (unpaired) electrons. The summed E-state index contributed by atoms with van der Waals surface area (Å²) in [5, 5.41) is 11.5. The molecule has 0 aromatic rings. The Labute approximate surface area is 161 Å². The maximum absolute atomic E-state index is 12.4. The van der Waals surface area contributed by atoms with Crippen LogP contribution in [0.3, 0.4) is 0 Å². The highest BCUT2D eigenvalue weighted by Gasteiger charge is 2.87. The zero-order valence-corrected chi connectivity index (χ0v) is 20.2. The van der Waals surface area contributed by atoms with Crippen molar-refractivity contribution in [3.8, 4) is 0 Å². The number of aliphatic hydroxyl groups excluding tert-OH is 1. The lowest BCUT2D eigenvalue weighted by atomic mass is 9.40. The smallest absolute Gasteiger partial charge is 0.192 e. The Hall–Kier alpha value is -0.0162. The molecule has 2 bridgehead atoms. The van der Waals surface area contributed by atoms with Crippen LogP contribution in [-0.2, 0) is 13.6 Å². The largest absolute Gasteiger partial charge is 0.413 e. The van der Waals surface area contributed by atoms with Crippen LogP contribution in [0.15, 0.2) is 0 Å². The van der Waals surface area contributed by atoms with Gasteiger partial charge in [-0.05, 0) is 44.2 Å². The third-order valence-corrected chi connectivity index (χ3v) is 13.5. The van der Waals surface area contributed by atoms with Crippen molar-refractivity contribution >= 4 is 22.4 Å². The van der Waals surface area contributed by atoms with E-state index in [0.29, 0.717) is 12.8 Å². The summed E-state index contributed by atoms with van der Waals surface area (Å²) in [6.45, 7) is 20.1. The topological polar surface area (TPSA) is 55.8 Å². The van der Waals surface area contributed by atoms with Gasteiger partial charge in [0.25, 0.3) is 0 Å². The van der Waals surface area contributed by atoms with Crippen molar-refractivity contribution in [3.05, 3.63) is 0 Å². The number of fused-ring (bicyclic) bond motifs is 1. The van der Waals surface area contributed by atoms with Gasteiger partial charge < -0.3 is 14.0 Å². The molecule has 1 unspecified atom stereocenters. The van der Waals surface area contributed by atoms with E-state index in [4.69, 9.17) is 8.85 Å². The summed E-state index contributed by atoms with van der Waals surface area (Å²) in [6, 6.07) is 0. The molecule has 4 saturated carbocycles. The molecule has 0 aromatic carbocycles. The van der Waals surface area contributed by atoms with E-state index in [9.17, 15) is 9.90 Å². The van der Waals surface area contributed by atoms with Gasteiger partial charge in [0.15, 0.2) is 16.6 Å². The van der Waals surface area contributed by atoms with Gasteiger partial charge in [0.05, 0.1) is 17.8 Å². The van der Waals surface area contributed by atoms with Crippen molar-refractivity contribution in [1.82, 2.24) is 0 Å². The fourth-order valence-electron chi connectivity index (χ4n) is 5.75. The molecule has 1 N–H and O–H groups in total. The SMILES string of the molecule is CC(C)(C)[Si](C)(C)O[C@H]1C[C@]2(O[Si](C)(C)C)C(O)[C@]13CC(=O)CC[C@@]23C. The van der Waals surface area contributed by atoms with Gasteiger partial charge >= 0.3 is 0 Å². The Morgan fingerprint density at radius 2 is 1.73 bits per heavy atom. The predicted octanol–water partition coefficient (Wildman–Crippen LogP) is 4.49. The number of ketones is 1. The molecule has 4 fully saturated rings. The molecule has 4 aliphatic carbocycles. The molecule has 150 valence electrons. The van der Waals surface area contributed by atoms with Crippen LogP contribution in [0.25, 0.3) is 0 Å². The van der Waals surface area contributed by atoms with Gasteiger partial charge in [-0.15, -0.1) is 0 Å². The van der Waals surface area contributed by atoms with E-state index in [0.717, 1.165) is 12.8 Å². The van der Waals surface area contributed by atoms with E-state index in [-0.39, 0.29) is 22.3 Å². The van der Waals surface area contributed by atoms with E-state index in [2.05, 4.69) is 60.4 Å². The average Bonchev–Trinajstić information content (AvgIpc) is 2.77. The molecule has 4 aliphatic rings. The Balaban J connectivity index is 2.03. The maximum Gasteiger partial charge on any atom is 0.192 e. The Bertz CT molecular complexity index is 620. The van der Waals surface area contributed by atoms with Crippen LogP contribution in [0.1, 0.15) is 53.4 Å². The lowest BCUT2D eigenvalue weighted by Gasteiger charge is -2.69. The highest BCUT2D eigenvalue weighted by Crippen LogP contribution is 2.79. The minimum atomic E-state index is -2.01. The van der Waals surface area contributed by atoms with Crippen LogP contribution in [0.4, 0.5) is 0 Å². The third kappa shape index (κ3) is 2.45. The van der Waals surface area contributed by atoms with E-state index >= 15 is 0 Å². The first kappa shape index (κ1) is 20.7. The molecule has 6 heteroatoms. The lowest BCUT2D eigenvalue weighted by Crippen LogP contribution is -2.78. The quantitative estimate of drug-likeness (QED) is 0.709. The van der Waals surface area contributed by atoms with Gasteiger partial charge in [-0.1, -0.05) is 27.7 Å². The van der Waals surface area contributed by atoms with Crippen LogP contribution < -0.4 is 0 Å². The average molecular weight is 399 g/mol. The number of carbonyl (C=O) groups excluding carboxylic acids is 1. The number of hydrogen-bond acceptors (Lipinski definition) is 4. The maximum atomic E-state index is 12.4. The van der Waals surface area contributed by atoms with Crippen molar-refractivity contribution in [2.45, 2.75) is 109 Å². The van der Waals surface area contributed by atoms with Crippen molar-refractivity contribution in [1.29, 1.82) is 0 Å². The Kier molecular flexibility index (Phi) is 4.40. The first-order chi connectivity index (χ1) is 11.5. The van der Waals surface area contributed by atoms with Gasteiger partial charge in [-0.2, -0.15) is 0 Å². The van der Waals surface area contributed by atoms with Gasteiger partial charge in [0.1, 0.15) is 5.78 Å². The summed E-state index contributed by atoms with van der Waals surface area (Å²) < 4.78 is 13.6. The zero-order valence-electron chi connectivity index (χ0n) is 18.2. The van der Waals surface area contributed by atoms with Crippen LogP contribution in [-0.4, -0.2) is 45.3 Å². The minimum absolute atomic E-state index is 0.0796.